The van der Waals surface area contributed by atoms with Crippen molar-refractivity contribution in [3.63, 3.8) is 0 Å². The van der Waals surface area contributed by atoms with Gasteiger partial charge in [0.1, 0.15) is 0 Å². The number of aryl methyl sites for hydroxylation is 3. The molecular formula is C18H23NOS. The molecule has 0 spiro atoms. The third kappa shape index (κ3) is 4.43. The predicted octanol–water partition coefficient (Wildman–Crippen LogP) is 4.37. The summed E-state index contributed by atoms with van der Waals surface area (Å²) in [5, 5.41) is 3.10. The van der Waals surface area contributed by atoms with Crippen LogP contribution in [0.4, 0.5) is 0 Å². The fraction of sp³-hybridized carbons (Fsp3) is 0.389. The minimum atomic E-state index is 0.0587. The average Bonchev–Trinajstić information content (AvgIpc) is 2.87. The Labute approximate surface area is 131 Å². The summed E-state index contributed by atoms with van der Waals surface area (Å²) in [6, 6.07) is 12.6. The number of carbonyl (C=O) groups is 1. The molecule has 21 heavy (non-hydrogen) atoms. The molecule has 0 radical (unpaired) electrons. The molecule has 1 heterocycles. The molecule has 0 bridgehead atoms. The van der Waals surface area contributed by atoms with Crippen molar-refractivity contribution in [2.75, 3.05) is 0 Å². The molecule has 0 aliphatic carbocycles. The van der Waals surface area contributed by atoms with Gasteiger partial charge < -0.3 is 5.32 Å². The van der Waals surface area contributed by atoms with Gasteiger partial charge in [0, 0.05) is 10.9 Å². The molecule has 0 saturated heterocycles. The van der Waals surface area contributed by atoms with Gasteiger partial charge in [-0.2, -0.15) is 0 Å². The Balaban J connectivity index is 1.86. The van der Waals surface area contributed by atoms with Crippen molar-refractivity contribution < 1.29 is 4.79 Å². The fourth-order valence-electron chi connectivity index (χ4n) is 2.38. The van der Waals surface area contributed by atoms with Crippen LogP contribution in [0, 0.1) is 6.92 Å². The lowest BCUT2D eigenvalue weighted by atomic mass is 10.1. The van der Waals surface area contributed by atoms with Gasteiger partial charge >= 0.3 is 0 Å². The van der Waals surface area contributed by atoms with Crippen LogP contribution < -0.4 is 5.32 Å². The van der Waals surface area contributed by atoms with Crippen molar-refractivity contribution >= 4 is 17.2 Å². The number of benzene rings is 1. The quantitative estimate of drug-likeness (QED) is 0.843. The van der Waals surface area contributed by atoms with Crippen molar-refractivity contribution in [3.8, 4) is 0 Å². The van der Waals surface area contributed by atoms with Crippen LogP contribution in [0.2, 0.25) is 0 Å². The monoisotopic (exact) mass is 301 g/mol. The zero-order chi connectivity index (χ0) is 15.2. The Morgan fingerprint density at radius 3 is 2.62 bits per heavy atom. The molecule has 112 valence electrons. The summed E-state index contributed by atoms with van der Waals surface area (Å²) >= 11 is 1.59. The van der Waals surface area contributed by atoms with Gasteiger partial charge in [-0.15, -0.1) is 11.3 Å². The molecule has 2 nitrogen and oxygen atoms in total. The zero-order valence-corrected chi connectivity index (χ0v) is 13.8. The molecule has 1 aromatic heterocycles. The molecule has 0 aliphatic heterocycles. The zero-order valence-electron chi connectivity index (χ0n) is 13.0. The molecule has 3 heteroatoms. The number of amides is 1. The van der Waals surface area contributed by atoms with Crippen LogP contribution in [-0.2, 0) is 12.8 Å². The van der Waals surface area contributed by atoms with E-state index in [9.17, 15) is 4.79 Å². The van der Waals surface area contributed by atoms with Gasteiger partial charge in [-0.25, -0.2) is 0 Å². The van der Waals surface area contributed by atoms with Crippen molar-refractivity contribution in [2.24, 2.45) is 0 Å². The van der Waals surface area contributed by atoms with E-state index in [1.165, 1.54) is 16.0 Å². The summed E-state index contributed by atoms with van der Waals surface area (Å²) in [6.07, 6.45) is 2.94. The van der Waals surface area contributed by atoms with E-state index >= 15 is 0 Å². The van der Waals surface area contributed by atoms with E-state index < -0.39 is 0 Å². The number of nitrogens with one attached hydrogen (secondary N) is 1. The second kappa shape index (κ2) is 7.41. The Kier molecular flexibility index (Phi) is 5.57. The second-order valence-electron chi connectivity index (χ2n) is 5.44. The highest BCUT2D eigenvalue weighted by atomic mass is 32.1. The highest BCUT2D eigenvalue weighted by Gasteiger charge is 2.13. The molecule has 2 aromatic rings. The van der Waals surface area contributed by atoms with Crippen LogP contribution >= 0.6 is 11.3 Å². The third-order valence-corrected chi connectivity index (χ3v) is 4.80. The van der Waals surface area contributed by atoms with Crippen LogP contribution in [0.15, 0.2) is 36.4 Å². The highest BCUT2D eigenvalue weighted by molar-refractivity contribution is 7.14. The minimum absolute atomic E-state index is 0.0587. The maximum absolute atomic E-state index is 12.2. The molecule has 1 N–H and O–H groups in total. The number of rotatable bonds is 6. The van der Waals surface area contributed by atoms with Gasteiger partial charge in [0.15, 0.2) is 0 Å². The van der Waals surface area contributed by atoms with Gasteiger partial charge in [-0.1, -0.05) is 37.3 Å². The summed E-state index contributed by atoms with van der Waals surface area (Å²) in [4.78, 5) is 14.3. The number of thiophene rings is 1. The standard InChI is InChI=1S/C18H23NOS/c1-4-16-12-17(21-14(16)3)18(20)19-13(2)10-11-15-8-6-5-7-9-15/h5-9,12-13H,4,10-11H2,1-3H3,(H,19,20)/t13-/m1/s1. The Hall–Kier alpha value is -1.61. The van der Waals surface area contributed by atoms with Crippen molar-refractivity contribution in [1.82, 2.24) is 5.32 Å². The first-order chi connectivity index (χ1) is 10.1. The summed E-state index contributed by atoms with van der Waals surface area (Å²) in [5.41, 5.74) is 2.60. The maximum Gasteiger partial charge on any atom is 0.261 e. The molecule has 2 rings (SSSR count). The Bertz CT molecular complexity index is 589. The number of hydrogen-bond acceptors (Lipinski definition) is 2. The van der Waals surface area contributed by atoms with E-state index in [-0.39, 0.29) is 11.9 Å². The summed E-state index contributed by atoms with van der Waals surface area (Å²) < 4.78 is 0. The summed E-state index contributed by atoms with van der Waals surface area (Å²) in [7, 11) is 0. The largest absolute Gasteiger partial charge is 0.349 e. The fourth-order valence-corrected chi connectivity index (χ4v) is 3.39. The van der Waals surface area contributed by atoms with E-state index in [4.69, 9.17) is 0 Å². The van der Waals surface area contributed by atoms with Gasteiger partial charge in [0.05, 0.1) is 4.88 Å². The SMILES string of the molecule is CCc1cc(C(=O)N[C@H](C)CCc2ccccc2)sc1C. The van der Waals surface area contributed by atoms with Crippen LogP contribution in [0.5, 0.6) is 0 Å². The molecule has 0 saturated carbocycles. The molecule has 1 atom stereocenters. The average molecular weight is 301 g/mol. The van der Waals surface area contributed by atoms with Crippen molar-refractivity contribution in [1.29, 1.82) is 0 Å². The smallest absolute Gasteiger partial charge is 0.261 e. The molecule has 0 aliphatic rings. The van der Waals surface area contributed by atoms with E-state index in [0.29, 0.717) is 0 Å². The lowest BCUT2D eigenvalue weighted by Crippen LogP contribution is -2.32. The molecule has 0 unspecified atom stereocenters. The number of carbonyl (C=O) groups excluding carboxylic acids is 1. The Morgan fingerprint density at radius 1 is 1.29 bits per heavy atom. The van der Waals surface area contributed by atoms with E-state index in [1.807, 2.05) is 12.1 Å². The summed E-state index contributed by atoms with van der Waals surface area (Å²) in [5.74, 6) is 0.0587. The molecule has 1 aromatic carbocycles. The van der Waals surface area contributed by atoms with Crippen LogP contribution in [0.25, 0.3) is 0 Å². The minimum Gasteiger partial charge on any atom is -0.349 e. The van der Waals surface area contributed by atoms with E-state index in [1.54, 1.807) is 11.3 Å². The maximum atomic E-state index is 12.2. The highest BCUT2D eigenvalue weighted by Crippen LogP contribution is 2.22. The first-order valence-corrected chi connectivity index (χ1v) is 8.36. The lowest BCUT2D eigenvalue weighted by molar-refractivity contribution is 0.0942. The van der Waals surface area contributed by atoms with Crippen LogP contribution in [0.3, 0.4) is 0 Å². The number of hydrogen-bond donors (Lipinski definition) is 1. The van der Waals surface area contributed by atoms with Gasteiger partial charge in [0.2, 0.25) is 0 Å². The van der Waals surface area contributed by atoms with E-state index in [2.05, 4.69) is 50.4 Å². The van der Waals surface area contributed by atoms with Gasteiger partial charge in [0.25, 0.3) is 5.91 Å². The second-order valence-corrected chi connectivity index (χ2v) is 6.70. The Morgan fingerprint density at radius 2 is 2.00 bits per heavy atom. The molecule has 0 fully saturated rings. The van der Waals surface area contributed by atoms with E-state index in [0.717, 1.165) is 24.1 Å². The van der Waals surface area contributed by atoms with Crippen molar-refractivity contribution in [3.05, 3.63) is 57.3 Å². The van der Waals surface area contributed by atoms with Gasteiger partial charge in [-0.05, 0) is 50.3 Å². The first kappa shape index (κ1) is 15.8. The van der Waals surface area contributed by atoms with Crippen LogP contribution in [-0.4, -0.2) is 11.9 Å². The van der Waals surface area contributed by atoms with Crippen LogP contribution in [0.1, 0.15) is 45.9 Å². The molecule has 1 amide bonds. The van der Waals surface area contributed by atoms with Gasteiger partial charge in [-0.3, -0.25) is 4.79 Å². The predicted molar refractivity (Wildman–Crippen MR) is 90.1 cm³/mol. The lowest BCUT2D eigenvalue weighted by Gasteiger charge is -2.13. The first-order valence-electron chi connectivity index (χ1n) is 7.54. The normalized spacial score (nSPS) is 12.1. The third-order valence-electron chi connectivity index (χ3n) is 3.71. The summed E-state index contributed by atoms with van der Waals surface area (Å²) in [6.45, 7) is 6.28. The molecular weight excluding hydrogens is 278 g/mol. The van der Waals surface area contributed by atoms with Crippen molar-refractivity contribution in [2.45, 2.75) is 46.1 Å². The topological polar surface area (TPSA) is 29.1 Å².